The highest BCUT2D eigenvalue weighted by Gasteiger charge is 2.18. The number of carboxylic acids is 1. The molecule has 0 bridgehead atoms. The molecule has 1 heterocycles. The highest BCUT2D eigenvalue weighted by atomic mass is 19.1. The molecular weight excluding hydrogens is 230 g/mol. The predicted molar refractivity (Wildman–Crippen MR) is 55.5 cm³/mol. The van der Waals surface area contributed by atoms with Gasteiger partial charge in [0.15, 0.2) is 0 Å². The smallest absolute Gasteiger partial charge is 0.354 e. The van der Waals surface area contributed by atoms with E-state index in [1.165, 1.54) is 13.1 Å². The van der Waals surface area contributed by atoms with Gasteiger partial charge in [-0.3, -0.25) is 4.68 Å². The summed E-state index contributed by atoms with van der Waals surface area (Å²) in [5.41, 5.74) is -0.501. The number of carbonyl (C=O) groups is 1. The van der Waals surface area contributed by atoms with E-state index >= 15 is 0 Å². The average molecular weight is 238 g/mol. The molecule has 1 aromatic heterocycles. The van der Waals surface area contributed by atoms with Crippen LogP contribution in [-0.4, -0.2) is 20.9 Å². The third-order valence-electron chi connectivity index (χ3n) is 2.32. The first-order chi connectivity index (χ1) is 8.00. The zero-order chi connectivity index (χ0) is 12.6. The van der Waals surface area contributed by atoms with Crippen molar-refractivity contribution in [3.63, 3.8) is 0 Å². The Morgan fingerprint density at radius 3 is 2.41 bits per heavy atom. The van der Waals surface area contributed by atoms with Crippen molar-refractivity contribution in [1.29, 1.82) is 0 Å². The minimum Gasteiger partial charge on any atom is -0.477 e. The van der Waals surface area contributed by atoms with Crippen molar-refractivity contribution in [2.24, 2.45) is 7.05 Å². The standard InChI is InChI=1S/C11H8F2N2O2/c1-15-9(11(16)17)5-8(14-15)10-6(12)3-2-4-7(10)13/h2-5H,1H3,(H,16,17). The predicted octanol–water partition coefficient (Wildman–Crippen LogP) is 2.06. The maximum absolute atomic E-state index is 13.4. The molecule has 4 nitrogen and oxygen atoms in total. The van der Waals surface area contributed by atoms with Gasteiger partial charge in [0.1, 0.15) is 17.3 Å². The van der Waals surface area contributed by atoms with Crippen LogP contribution in [0, 0.1) is 11.6 Å². The Morgan fingerprint density at radius 1 is 1.35 bits per heavy atom. The Bertz CT molecular complexity index is 573. The second-order valence-corrected chi connectivity index (χ2v) is 3.44. The van der Waals surface area contributed by atoms with Gasteiger partial charge in [-0.05, 0) is 18.2 Å². The van der Waals surface area contributed by atoms with Crippen LogP contribution >= 0.6 is 0 Å². The molecule has 0 radical (unpaired) electrons. The molecule has 0 amide bonds. The second-order valence-electron chi connectivity index (χ2n) is 3.44. The summed E-state index contributed by atoms with van der Waals surface area (Å²) in [7, 11) is 1.39. The van der Waals surface area contributed by atoms with Crippen molar-refractivity contribution in [3.8, 4) is 11.3 Å². The minimum atomic E-state index is -1.21. The lowest BCUT2D eigenvalue weighted by atomic mass is 10.1. The van der Waals surface area contributed by atoms with Crippen LogP contribution < -0.4 is 0 Å². The Hall–Kier alpha value is -2.24. The van der Waals surface area contributed by atoms with Gasteiger partial charge in [0.2, 0.25) is 0 Å². The third kappa shape index (κ3) is 1.89. The van der Waals surface area contributed by atoms with E-state index in [0.29, 0.717) is 0 Å². The van der Waals surface area contributed by atoms with Gasteiger partial charge in [-0.25, -0.2) is 13.6 Å². The molecule has 0 aliphatic rings. The van der Waals surface area contributed by atoms with Gasteiger partial charge in [0.25, 0.3) is 0 Å². The molecule has 1 N–H and O–H groups in total. The van der Waals surface area contributed by atoms with Crippen LogP contribution in [0.25, 0.3) is 11.3 Å². The number of aromatic carboxylic acids is 1. The largest absolute Gasteiger partial charge is 0.477 e. The van der Waals surface area contributed by atoms with Crippen molar-refractivity contribution >= 4 is 5.97 Å². The highest BCUT2D eigenvalue weighted by Crippen LogP contribution is 2.25. The number of nitrogens with zero attached hydrogens (tertiary/aromatic N) is 2. The Balaban J connectivity index is 2.62. The molecule has 2 aromatic rings. The number of carboxylic acid groups (broad SMARTS) is 1. The van der Waals surface area contributed by atoms with Gasteiger partial charge in [-0.2, -0.15) is 5.10 Å². The summed E-state index contributed by atoms with van der Waals surface area (Å²) in [6.45, 7) is 0. The van der Waals surface area contributed by atoms with E-state index in [-0.39, 0.29) is 17.0 Å². The van der Waals surface area contributed by atoms with E-state index in [1.54, 1.807) is 0 Å². The third-order valence-corrected chi connectivity index (χ3v) is 2.32. The lowest BCUT2D eigenvalue weighted by Crippen LogP contribution is -2.04. The molecule has 2 rings (SSSR count). The summed E-state index contributed by atoms with van der Waals surface area (Å²) >= 11 is 0. The zero-order valence-corrected chi connectivity index (χ0v) is 8.82. The Morgan fingerprint density at radius 2 is 1.94 bits per heavy atom. The molecule has 1 aromatic carbocycles. The number of halogens is 2. The number of benzene rings is 1. The van der Waals surface area contributed by atoms with Crippen LogP contribution in [-0.2, 0) is 7.05 Å². The first-order valence-electron chi connectivity index (χ1n) is 4.72. The number of rotatable bonds is 2. The van der Waals surface area contributed by atoms with Gasteiger partial charge >= 0.3 is 5.97 Å². The summed E-state index contributed by atoms with van der Waals surface area (Å²) in [6.07, 6.45) is 0. The van der Waals surface area contributed by atoms with Crippen LogP contribution in [0.15, 0.2) is 24.3 Å². The quantitative estimate of drug-likeness (QED) is 0.871. The average Bonchev–Trinajstić information content (AvgIpc) is 2.60. The van der Waals surface area contributed by atoms with Crippen molar-refractivity contribution in [2.75, 3.05) is 0 Å². The van der Waals surface area contributed by atoms with Crippen molar-refractivity contribution in [1.82, 2.24) is 9.78 Å². The molecule has 0 spiro atoms. The van der Waals surface area contributed by atoms with E-state index < -0.39 is 17.6 Å². The van der Waals surface area contributed by atoms with Crippen LogP contribution in [0.2, 0.25) is 0 Å². The number of hydrogen-bond acceptors (Lipinski definition) is 2. The molecule has 6 heteroatoms. The molecule has 17 heavy (non-hydrogen) atoms. The fourth-order valence-corrected chi connectivity index (χ4v) is 1.53. The van der Waals surface area contributed by atoms with E-state index in [0.717, 1.165) is 22.9 Å². The van der Waals surface area contributed by atoms with Gasteiger partial charge in [0, 0.05) is 7.05 Å². The topological polar surface area (TPSA) is 55.1 Å². The SMILES string of the molecule is Cn1nc(-c2c(F)cccc2F)cc1C(=O)O. The van der Waals surface area contributed by atoms with Crippen molar-refractivity contribution in [2.45, 2.75) is 0 Å². The fourth-order valence-electron chi connectivity index (χ4n) is 1.53. The molecule has 0 aliphatic heterocycles. The van der Waals surface area contributed by atoms with E-state index in [9.17, 15) is 13.6 Å². The summed E-state index contributed by atoms with van der Waals surface area (Å²) in [5, 5.41) is 12.6. The molecule has 0 atom stereocenters. The number of hydrogen-bond donors (Lipinski definition) is 1. The van der Waals surface area contributed by atoms with Crippen LogP contribution in [0.3, 0.4) is 0 Å². The van der Waals surface area contributed by atoms with Gasteiger partial charge in [-0.1, -0.05) is 6.07 Å². The summed E-state index contributed by atoms with van der Waals surface area (Å²) in [5.74, 6) is -2.76. The molecule has 0 unspecified atom stereocenters. The van der Waals surface area contributed by atoms with Crippen molar-refractivity contribution < 1.29 is 18.7 Å². The maximum Gasteiger partial charge on any atom is 0.354 e. The monoisotopic (exact) mass is 238 g/mol. The van der Waals surface area contributed by atoms with Gasteiger partial charge in [0.05, 0.1) is 11.3 Å². The normalized spacial score (nSPS) is 10.5. The molecule has 0 saturated heterocycles. The van der Waals surface area contributed by atoms with Crippen LogP contribution in [0.5, 0.6) is 0 Å². The molecular formula is C11H8F2N2O2. The zero-order valence-electron chi connectivity index (χ0n) is 8.82. The van der Waals surface area contributed by atoms with Gasteiger partial charge < -0.3 is 5.11 Å². The highest BCUT2D eigenvalue weighted by molar-refractivity contribution is 5.87. The van der Waals surface area contributed by atoms with E-state index in [4.69, 9.17) is 5.11 Å². The lowest BCUT2D eigenvalue weighted by molar-refractivity contribution is 0.0685. The number of aromatic nitrogens is 2. The summed E-state index contributed by atoms with van der Waals surface area (Å²) in [6, 6.07) is 4.54. The van der Waals surface area contributed by atoms with Crippen molar-refractivity contribution in [3.05, 3.63) is 41.6 Å². The summed E-state index contributed by atoms with van der Waals surface area (Å²) in [4.78, 5) is 10.8. The van der Waals surface area contributed by atoms with E-state index in [1.807, 2.05) is 0 Å². The summed E-state index contributed by atoms with van der Waals surface area (Å²) < 4.78 is 27.9. The maximum atomic E-state index is 13.4. The van der Waals surface area contributed by atoms with Crippen LogP contribution in [0.1, 0.15) is 10.5 Å². The second kappa shape index (κ2) is 3.97. The minimum absolute atomic E-state index is 0.0412. The Labute approximate surface area is 95.1 Å². The lowest BCUT2D eigenvalue weighted by Gasteiger charge is -1.99. The first-order valence-corrected chi connectivity index (χ1v) is 4.72. The number of aryl methyl sites for hydroxylation is 1. The van der Waals surface area contributed by atoms with Crippen LogP contribution in [0.4, 0.5) is 8.78 Å². The van der Waals surface area contributed by atoms with Gasteiger partial charge in [-0.15, -0.1) is 0 Å². The van der Waals surface area contributed by atoms with E-state index in [2.05, 4.69) is 5.10 Å². The molecule has 88 valence electrons. The first kappa shape index (κ1) is 11.3. The molecule has 0 aliphatic carbocycles. The molecule has 0 fully saturated rings. The molecule has 0 saturated carbocycles. The Kier molecular flexibility index (Phi) is 2.63. The fraction of sp³-hybridized carbons (Fsp3) is 0.0909.